The summed E-state index contributed by atoms with van der Waals surface area (Å²) in [6.45, 7) is 2.67. The van der Waals surface area contributed by atoms with Gasteiger partial charge >= 0.3 is 6.03 Å². The molecule has 18 heavy (non-hydrogen) atoms. The molecule has 3 amide bonds. The van der Waals surface area contributed by atoms with E-state index < -0.39 is 5.54 Å². The maximum atomic E-state index is 12.4. The molecule has 1 spiro atoms. The van der Waals surface area contributed by atoms with Crippen molar-refractivity contribution in [3.8, 4) is 0 Å². The molecule has 5 heteroatoms. The minimum atomic E-state index is -0.555. The summed E-state index contributed by atoms with van der Waals surface area (Å²) in [4.78, 5) is 25.8. The van der Waals surface area contributed by atoms with Crippen LogP contribution in [-0.2, 0) is 4.79 Å². The van der Waals surface area contributed by atoms with Crippen LogP contribution in [0.2, 0.25) is 0 Å². The van der Waals surface area contributed by atoms with Gasteiger partial charge < -0.3 is 5.32 Å². The van der Waals surface area contributed by atoms with Gasteiger partial charge in [0.15, 0.2) is 0 Å². The molecule has 1 heterocycles. The molecular weight excluding hydrogens is 296 g/mol. The molecule has 102 valence electrons. The number of nitrogens with one attached hydrogen (secondary N) is 1. The van der Waals surface area contributed by atoms with Crippen molar-refractivity contribution in [1.29, 1.82) is 0 Å². The summed E-state index contributed by atoms with van der Waals surface area (Å²) >= 11 is 3.47. The first kappa shape index (κ1) is 13.8. The maximum absolute atomic E-state index is 12.4. The van der Waals surface area contributed by atoms with Crippen LogP contribution in [0.4, 0.5) is 4.79 Å². The van der Waals surface area contributed by atoms with Gasteiger partial charge in [-0.1, -0.05) is 42.1 Å². The Bertz CT molecular complexity index is 340. The van der Waals surface area contributed by atoms with Crippen LogP contribution in [0.1, 0.15) is 45.4 Å². The summed E-state index contributed by atoms with van der Waals surface area (Å²) < 4.78 is 0. The lowest BCUT2D eigenvalue weighted by atomic mass is 9.97. The third-order valence-electron chi connectivity index (χ3n) is 4.06. The summed E-state index contributed by atoms with van der Waals surface area (Å²) in [6.07, 6.45) is 5.80. The highest BCUT2D eigenvalue weighted by Gasteiger charge is 2.52. The molecule has 2 aliphatic rings. The van der Waals surface area contributed by atoms with Crippen molar-refractivity contribution in [1.82, 2.24) is 10.2 Å². The third-order valence-corrected chi connectivity index (χ3v) is 4.97. The second kappa shape index (κ2) is 5.59. The maximum Gasteiger partial charge on any atom is 0.325 e. The lowest BCUT2D eigenvalue weighted by Crippen LogP contribution is -2.44. The zero-order valence-electron chi connectivity index (χ0n) is 10.9. The van der Waals surface area contributed by atoms with E-state index in [0.717, 1.165) is 43.9 Å². The van der Waals surface area contributed by atoms with Gasteiger partial charge in [0.1, 0.15) is 5.54 Å². The highest BCUT2D eigenvalue weighted by atomic mass is 79.9. The number of carbonyl (C=O) groups excluding carboxylic acids is 2. The van der Waals surface area contributed by atoms with Gasteiger partial charge in [0.2, 0.25) is 0 Å². The van der Waals surface area contributed by atoms with Gasteiger partial charge in [-0.3, -0.25) is 9.69 Å². The lowest BCUT2D eigenvalue weighted by molar-refractivity contribution is -0.131. The monoisotopic (exact) mass is 316 g/mol. The average molecular weight is 317 g/mol. The summed E-state index contributed by atoms with van der Waals surface area (Å²) in [5.74, 6) is 0.369. The van der Waals surface area contributed by atoms with Crippen LogP contribution >= 0.6 is 15.9 Å². The highest BCUT2D eigenvalue weighted by Crippen LogP contribution is 2.35. The van der Waals surface area contributed by atoms with E-state index in [4.69, 9.17) is 0 Å². The number of amides is 3. The zero-order chi connectivity index (χ0) is 13.2. The van der Waals surface area contributed by atoms with Crippen molar-refractivity contribution >= 4 is 27.9 Å². The highest BCUT2D eigenvalue weighted by molar-refractivity contribution is 9.09. The summed E-state index contributed by atoms with van der Waals surface area (Å²) in [6, 6.07) is -0.191. The molecule has 1 atom stereocenters. The topological polar surface area (TPSA) is 49.4 Å². The Morgan fingerprint density at radius 2 is 2.06 bits per heavy atom. The number of rotatable bonds is 5. The molecule has 1 aliphatic heterocycles. The Morgan fingerprint density at radius 3 is 2.61 bits per heavy atom. The molecule has 1 aliphatic carbocycles. The van der Waals surface area contributed by atoms with Crippen LogP contribution < -0.4 is 5.32 Å². The first-order chi connectivity index (χ1) is 8.63. The van der Waals surface area contributed by atoms with Gasteiger partial charge in [-0.15, -0.1) is 0 Å². The number of urea groups is 1. The number of halogens is 1. The van der Waals surface area contributed by atoms with Gasteiger partial charge in [-0.25, -0.2) is 4.79 Å². The van der Waals surface area contributed by atoms with Gasteiger partial charge in [0, 0.05) is 11.9 Å². The van der Waals surface area contributed by atoms with Crippen molar-refractivity contribution in [3.63, 3.8) is 0 Å². The molecule has 0 aromatic rings. The first-order valence-corrected chi connectivity index (χ1v) is 7.95. The fourth-order valence-corrected chi connectivity index (χ4v) is 3.57. The van der Waals surface area contributed by atoms with E-state index >= 15 is 0 Å². The fourth-order valence-electron chi connectivity index (χ4n) is 3.04. The number of alkyl halides is 1. The van der Waals surface area contributed by atoms with E-state index in [9.17, 15) is 9.59 Å². The van der Waals surface area contributed by atoms with Gasteiger partial charge in [0.05, 0.1) is 0 Å². The van der Waals surface area contributed by atoms with Crippen LogP contribution in [0, 0.1) is 5.92 Å². The van der Waals surface area contributed by atoms with Crippen LogP contribution in [0.25, 0.3) is 0 Å². The number of nitrogens with zero attached hydrogens (tertiary/aromatic N) is 1. The largest absolute Gasteiger partial charge is 0.325 e. The Balaban J connectivity index is 2.05. The standard InChI is InChI=1S/C13H21BrN2O2/c1-2-5-10(8-14)9-16-11(17)13(15-12(16)18)6-3-4-7-13/h10H,2-9H2,1H3,(H,15,18). The molecule has 1 unspecified atom stereocenters. The van der Waals surface area contributed by atoms with Crippen LogP contribution in [0.15, 0.2) is 0 Å². The second-order valence-electron chi connectivity index (χ2n) is 5.44. The Morgan fingerprint density at radius 1 is 1.39 bits per heavy atom. The van der Waals surface area contributed by atoms with Crippen LogP contribution in [-0.4, -0.2) is 34.3 Å². The lowest BCUT2D eigenvalue weighted by Gasteiger charge is -2.22. The Labute approximate surface area is 117 Å². The van der Waals surface area contributed by atoms with Crippen molar-refractivity contribution in [2.75, 3.05) is 11.9 Å². The second-order valence-corrected chi connectivity index (χ2v) is 6.09. The van der Waals surface area contributed by atoms with Gasteiger partial charge in [0.25, 0.3) is 5.91 Å². The van der Waals surface area contributed by atoms with Crippen LogP contribution in [0.3, 0.4) is 0 Å². The van der Waals surface area contributed by atoms with E-state index in [1.807, 2.05) is 0 Å². The molecule has 1 N–H and O–H groups in total. The van der Waals surface area contributed by atoms with Crippen LogP contribution in [0.5, 0.6) is 0 Å². The molecule has 0 bridgehead atoms. The molecule has 4 nitrogen and oxygen atoms in total. The number of hydrogen-bond acceptors (Lipinski definition) is 2. The van der Waals surface area contributed by atoms with Crippen molar-refractivity contribution in [2.24, 2.45) is 5.92 Å². The van der Waals surface area contributed by atoms with E-state index in [1.165, 1.54) is 4.90 Å². The van der Waals surface area contributed by atoms with E-state index in [0.29, 0.717) is 12.5 Å². The first-order valence-electron chi connectivity index (χ1n) is 6.83. The predicted octanol–water partition coefficient (Wildman–Crippen LogP) is 2.66. The molecule has 1 saturated heterocycles. The molecule has 2 rings (SSSR count). The predicted molar refractivity (Wildman–Crippen MR) is 73.6 cm³/mol. The molecule has 0 aromatic carbocycles. The summed E-state index contributed by atoms with van der Waals surface area (Å²) in [7, 11) is 0. The van der Waals surface area contributed by atoms with E-state index in [1.54, 1.807) is 0 Å². The van der Waals surface area contributed by atoms with Gasteiger partial charge in [-0.05, 0) is 25.2 Å². The van der Waals surface area contributed by atoms with E-state index in [-0.39, 0.29) is 11.9 Å². The normalized spacial score (nSPS) is 23.8. The smallest absolute Gasteiger partial charge is 0.323 e. The molecule has 0 aromatic heterocycles. The minimum Gasteiger partial charge on any atom is -0.323 e. The average Bonchev–Trinajstić information content (AvgIpc) is 2.90. The third kappa shape index (κ3) is 2.42. The Kier molecular flexibility index (Phi) is 4.30. The van der Waals surface area contributed by atoms with Crippen molar-refractivity contribution in [3.05, 3.63) is 0 Å². The molecule has 1 saturated carbocycles. The van der Waals surface area contributed by atoms with E-state index in [2.05, 4.69) is 28.2 Å². The molecule has 2 fully saturated rings. The zero-order valence-corrected chi connectivity index (χ0v) is 12.5. The van der Waals surface area contributed by atoms with Crippen molar-refractivity contribution < 1.29 is 9.59 Å². The summed E-state index contributed by atoms with van der Waals surface area (Å²) in [5, 5.41) is 3.76. The number of hydrogen-bond donors (Lipinski definition) is 1. The Hall–Kier alpha value is -0.580. The SMILES string of the molecule is CCCC(CBr)CN1C(=O)NC2(CCCC2)C1=O. The number of imide groups is 1. The minimum absolute atomic E-state index is 0.00653. The number of carbonyl (C=O) groups is 2. The fraction of sp³-hybridized carbons (Fsp3) is 0.846. The quantitative estimate of drug-likeness (QED) is 0.626. The summed E-state index contributed by atoms with van der Waals surface area (Å²) in [5.41, 5.74) is -0.555. The van der Waals surface area contributed by atoms with Crippen molar-refractivity contribution in [2.45, 2.75) is 51.0 Å². The van der Waals surface area contributed by atoms with Gasteiger partial charge in [-0.2, -0.15) is 0 Å². The molecular formula is C13H21BrN2O2. The molecule has 0 radical (unpaired) electrons.